The predicted molar refractivity (Wildman–Crippen MR) is 86.6 cm³/mol. The fraction of sp³-hybridized carbons (Fsp3) is 0.412. The molecule has 0 spiro atoms. The fourth-order valence-electron chi connectivity index (χ4n) is 2.74. The van der Waals surface area contributed by atoms with Crippen LogP contribution in [0.25, 0.3) is 0 Å². The van der Waals surface area contributed by atoms with Crippen molar-refractivity contribution in [2.75, 3.05) is 18.5 Å². The molecule has 1 aromatic heterocycles. The summed E-state index contributed by atoms with van der Waals surface area (Å²) in [7, 11) is 0. The van der Waals surface area contributed by atoms with Gasteiger partial charge in [-0.3, -0.25) is 4.79 Å². The number of nitrogens with zero attached hydrogens (tertiary/aromatic N) is 2. The van der Waals surface area contributed by atoms with E-state index in [1.165, 1.54) is 24.3 Å². The highest BCUT2D eigenvalue weighted by atomic mass is 19.4. The molecular formula is C17H18F3N3O3. The lowest BCUT2D eigenvalue weighted by atomic mass is 10.1. The molecule has 6 nitrogen and oxygen atoms in total. The number of amides is 1. The van der Waals surface area contributed by atoms with Gasteiger partial charge in [0.05, 0.1) is 19.2 Å². The molecule has 2 aromatic rings. The molecule has 0 unspecified atom stereocenters. The Morgan fingerprint density at radius 2 is 2.08 bits per heavy atom. The molecule has 140 valence electrons. The van der Waals surface area contributed by atoms with Gasteiger partial charge in [0.25, 0.3) is 0 Å². The van der Waals surface area contributed by atoms with E-state index in [1.54, 1.807) is 16.9 Å². The average Bonchev–Trinajstić information content (AvgIpc) is 3.21. The molecule has 0 radical (unpaired) electrons. The number of ether oxygens (including phenoxy) is 2. The van der Waals surface area contributed by atoms with Crippen molar-refractivity contribution < 1.29 is 27.4 Å². The molecule has 1 atom stereocenters. The van der Waals surface area contributed by atoms with Crippen molar-refractivity contribution in [2.24, 2.45) is 5.92 Å². The van der Waals surface area contributed by atoms with Crippen LogP contribution in [0.15, 0.2) is 36.5 Å². The third-order valence-corrected chi connectivity index (χ3v) is 3.96. The van der Waals surface area contributed by atoms with E-state index in [2.05, 4.69) is 15.2 Å². The van der Waals surface area contributed by atoms with Gasteiger partial charge in [0.1, 0.15) is 11.6 Å². The molecule has 1 N–H and O–H groups in total. The summed E-state index contributed by atoms with van der Waals surface area (Å²) >= 11 is 0. The van der Waals surface area contributed by atoms with Gasteiger partial charge in [-0.2, -0.15) is 5.10 Å². The summed E-state index contributed by atoms with van der Waals surface area (Å²) in [6.45, 7) is 2.08. The summed E-state index contributed by atoms with van der Waals surface area (Å²) in [5.74, 6) is 0.350. The molecule has 0 aliphatic carbocycles. The molecule has 1 aliphatic rings. The summed E-state index contributed by atoms with van der Waals surface area (Å²) in [6, 6.07) is 6.91. The van der Waals surface area contributed by atoms with Crippen molar-refractivity contribution in [3.63, 3.8) is 0 Å². The van der Waals surface area contributed by atoms with Crippen LogP contribution >= 0.6 is 0 Å². The summed E-state index contributed by atoms with van der Waals surface area (Å²) in [5, 5.41) is 6.98. The Bertz CT molecular complexity index is 738. The van der Waals surface area contributed by atoms with Crippen LogP contribution < -0.4 is 10.1 Å². The Morgan fingerprint density at radius 1 is 1.31 bits per heavy atom. The molecule has 1 amide bonds. The van der Waals surface area contributed by atoms with Crippen molar-refractivity contribution in [3.8, 4) is 5.75 Å². The smallest absolute Gasteiger partial charge is 0.406 e. The van der Waals surface area contributed by atoms with Crippen LogP contribution in [-0.2, 0) is 22.5 Å². The summed E-state index contributed by atoms with van der Waals surface area (Å²) < 4.78 is 47.3. The van der Waals surface area contributed by atoms with E-state index in [0.717, 1.165) is 13.0 Å². The van der Waals surface area contributed by atoms with Crippen LogP contribution in [0, 0.1) is 5.92 Å². The van der Waals surface area contributed by atoms with E-state index in [1.807, 2.05) is 0 Å². The number of anilines is 1. The topological polar surface area (TPSA) is 65.4 Å². The van der Waals surface area contributed by atoms with Gasteiger partial charge in [0.15, 0.2) is 0 Å². The van der Waals surface area contributed by atoms with Crippen LogP contribution in [0.3, 0.4) is 0 Å². The molecule has 0 bridgehead atoms. The van der Waals surface area contributed by atoms with Crippen LogP contribution in [0.1, 0.15) is 12.0 Å². The van der Waals surface area contributed by atoms with E-state index < -0.39 is 6.36 Å². The second kappa shape index (κ2) is 7.77. The molecule has 1 saturated heterocycles. The highest BCUT2D eigenvalue weighted by Crippen LogP contribution is 2.23. The number of rotatable bonds is 6. The van der Waals surface area contributed by atoms with Crippen LogP contribution in [-0.4, -0.2) is 35.3 Å². The van der Waals surface area contributed by atoms with Crippen molar-refractivity contribution in [2.45, 2.75) is 25.7 Å². The summed E-state index contributed by atoms with van der Waals surface area (Å²) in [4.78, 5) is 12.2. The minimum absolute atomic E-state index is 0.0318. The van der Waals surface area contributed by atoms with Gasteiger partial charge in [-0.05, 0) is 24.1 Å². The zero-order valence-corrected chi connectivity index (χ0v) is 13.8. The SMILES string of the molecule is O=C(Cc1ccc(OC(F)(F)F)cc1)Nc1ccnn1C[C@H]1CCOC1. The van der Waals surface area contributed by atoms with Gasteiger partial charge in [-0.25, -0.2) is 4.68 Å². The van der Waals surface area contributed by atoms with Gasteiger partial charge >= 0.3 is 6.36 Å². The minimum atomic E-state index is -4.73. The zero-order chi connectivity index (χ0) is 18.6. The first-order valence-corrected chi connectivity index (χ1v) is 8.13. The van der Waals surface area contributed by atoms with E-state index in [4.69, 9.17) is 4.74 Å². The standard InChI is InChI=1S/C17H18F3N3O3/c18-17(19,20)26-14-3-1-12(2-4-14)9-16(24)22-15-5-7-21-23(15)10-13-6-8-25-11-13/h1-5,7,13H,6,8-11H2,(H,22,24)/t13-/m1/s1. The molecule has 0 saturated carbocycles. The first-order chi connectivity index (χ1) is 12.4. The Labute approximate surface area is 147 Å². The first kappa shape index (κ1) is 18.2. The maximum Gasteiger partial charge on any atom is 0.573 e. The van der Waals surface area contributed by atoms with Gasteiger partial charge in [-0.15, -0.1) is 13.2 Å². The molecule has 26 heavy (non-hydrogen) atoms. The maximum absolute atomic E-state index is 12.2. The lowest BCUT2D eigenvalue weighted by Gasteiger charge is -2.12. The van der Waals surface area contributed by atoms with Crippen molar-refractivity contribution in [3.05, 3.63) is 42.1 Å². The Balaban J connectivity index is 1.55. The third-order valence-electron chi connectivity index (χ3n) is 3.96. The number of carbonyl (C=O) groups is 1. The average molecular weight is 369 g/mol. The molecule has 2 heterocycles. The molecule has 3 rings (SSSR count). The number of hydrogen-bond donors (Lipinski definition) is 1. The van der Waals surface area contributed by atoms with Crippen LogP contribution in [0.5, 0.6) is 5.75 Å². The van der Waals surface area contributed by atoms with Crippen molar-refractivity contribution in [1.82, 2.24) is 9.78 Å². The number of alkyl halides is 3. The minimum Gasteiger partial charge on any atom is -0.406 e. The first-order valence-electron chi connectivity index (χ1n) is 8.13. The van der Waals surface area contributed by atoms with E-state index >= 15 is 0 Å². The number of benzene rings is 1. The van der Waals surface area contributed by atoms with Gasteiger partial charge in [0, 0.05) is 25.1 Å². The number of aromatic nitrogens is 2. The van der Waals surface area contributed by atoms with Gasteiger partial charge < -0.3 is 14.8 Å². The number of carbonyl (C=O) groups excluding carboxylic acids is 1. The monoisotopic (exact) mass is 369 g/mol. The predicted octanol–water partition coefficient (Wildman–Crippen LogP) is 3.00. The summed E-state index contributed by atoms with van der Waals surface area (Å²) in [6.07, 6.45) is -2.14. The number of nitrogens with one attached hydrogen (secondary N) is 1. The largest absolute Gasteiger partial charge is 0.573 e. The normalized spacial score (nSPS) is 17.3. The fourth-order valence-corrected chi connectivity index (χ4v) is 2.74. The van der Waals surface area contributed by atoms with E-state index in [0.29, 0.717) is 30.5 Å². The quantitative estimate of drug-likeness (QED) is 0.850. The molecule has 1 fully saturated rings. The molecule has 1 aromatic carbocycles. The second-order valence-electron chi connectivity index (χ2n) is 6.04. The molecule has 9 heteroatoms. The van der Waals surface area contributed by atoms with Gasteiger partial charge in [0.2, 0.25) is 5.91 Å². The third kappa shape index (κ3) is 5.22. The second-order valence-corrected chi connectivity index (χ2v) is 6.04. The van der Waals surface area contributed by atoms with E-state index in [-0.39, 0.29) is 18.1 Å². The lowest BCUT2D eigenvalue weighted by molar-refractivity contribution is -0.274. The maximum atomic E-state index is 12.2. The highest BCUT2D eigenvalue weighted by molar-refractivity contribution is 5.91. The number of hydrogen-bond acceptors (Lipinski definition) is 4. The van der Waals surface area contributed by atoms with Crippen molar-refractivity contribution >= 4 is 11.7 Å². The Hall–Kier alpha value is -2.55. The Kier molecular flexibility index (Phi) is 5.46. The van der Waals surface area contributed by atoms with Crippen LogP contribution in [0.2, 0.25) is 0 Å². The zero-order valence-electron chi connectivity index (χ0n) is 13.8. The molecular weight excluding hydrogens is 351 g/mol. The Morgan fingerprint density at radius 3 is 2.73 bits per heavy atom. The highest BCUT2D eigenvalue weighted by Gasteiger charge is 2.31. The van der Waals surface area contributed by atoms with Gasteiger partial charge in [-0.1, -0.05) is 12.1 Å². The summed E-state index contributed by atoms with van der Waals surface area (Å²) in [5.41, 5.74) is 0.576. The van der Waals surface area contributed by atoms with Crippen LogP contribution in [0.4, 0.5) is 19.0 Å². The number of halogens is 3. The molecule has 1 aliphatic heterocycles. The van der Waals surface area contributed by atoms with Crippen molar-refractivity contribution in [1.29, 1.82) is 0 Å². The van der Waals surface area contributed by atoms with E-state index in [9.17, 15) is 18.0 Å². The lowest BCUT2D eigenvalue weighted by Crippen LogP contribution is -2.20.